The van der Waals surface area contributed by atoms with Gasteiger partial charge in [-0.3, -0.25) is 19.8 Å². The van der Waals surface area contributed by atoms with Crippen LogP contribution in [-0.2, 0) is 9.59 Å². The van der Waals surface area contributed by atoms with Gasteiger partial charge in [0.15, 0.2) is 0 Å². The van der Waals surface area contributed by atoms with Gasteiger partial charge in [-0.25, -0.2) is 9.18 Å². The number of imide groups is 2. The zero-order valence-electron chi connectivity index (χ0n) is 10.6. The first-order chi connectivity index (χ1) is 9.54. The lowest BCUT2D eigenvalue weighted by atomic mass is 9.95. The normalized spacial score (nSPS) is 18.9. The molecule has 1 aromatic rings. The lowest BCUT2D eigenvalue weighted by Crippen LogP contribution is -2.56. The summed E-state index contributed by atoms with van der Waals surface area (Å²) >= 11 is 0. The van der Waals surface area contributed by atoms with Gasteiger partial charge in [0.25, 0.3) is 0 Å². The molecule has 1 aliphatic heterocycles. The predicted molar refractivity (Wildman–Crippen MR) is 69.2 cm³/mol. The van der Waals surface area contributed by atoms with E-state index in [0.717, 1.165) is 11.0 Å². The van der Waals surface area contributed by atoms with Crippen molar-refractivity contribution in [1.29, 1.82) is 0 Å². The molecule has 4 amide bonds. The summed E-state index contributed by atoms with van der Waals surface area (Å²) in [5, 5.41) is 2.11. The number of halogens is 1. The molecule has 104 valence electrons. The minimum atomic E-state index is -1.20. The third kappa shape index (κ3) is 2.59. The van der Waals surface area contributed by atoms with E-state index in [9.17, 15) is 18.8 Å². The second-order valence-electron chi connectivity index (χ2n) is 4.35. The summed E-state index contributed by atoms with van der Waals surface area (Å²) < 4.78 is 13.2. The van der Waals surface area contributed by atoms with Crippen molar-refractivity contribution >= 4 is 17.8 Å². The molecular weight excluding hydrogens is 263 g/mol. The summed E-state index contributed by atoms with van der Waals surface area (Å²) in [6.45, 7) is 3.64. The van der Waals surface area contributed by atoms with Gasteiger partial charge in [-0.1, -0.05) is 18.2 Å². The molecule has 20 heavy (non-hydrogen) atoms. The van der Waals surface area contributed by atoms with E-state index in [1.807, 2.05) is 0 Å². The average molecular weight is 276 g/mol. The Kier molecular flexibility index (Phi) is 3.93. The van der Waals surface area contributed by atoms with E-state index < -0.39 is 29.6 Å². The van der Waals surface area contributed by atoms with Crippen molar-refractivity contribution in [3.05, 3.63) is 48.3 Å². The highest BCUT2D eigenvalue weighted by Gasteiger charge is 2.40. The van der Waals surface area contributed by atoms with E-state index >= 15 is 0 Å². The van der Waals surface area contributed by atoms with Gasteiger partial charge >= 0.3 is 6.03 Å². The zero-order valence-corrected chi connectivity index (χ0v) is 10.6. The number of hydrogen-bond donors (Lipinski definition) is 1. The van der Waals surface area contributed by atoms with Crippen LogP contribution in [0.1, 0.15) is 17.9 Å². The smallest absolute Gasteiger partial charge is 0.277 e. The molecule has 1 saturated heterocycles. The van der Waals surface area contributed by atoms with E-state index in [2.05, 4.69) is 11.9 Å². The van der Waals surface area contributed by atoms with Gasteiger partial charge in [0.1, 0.15) is 11.7 Å². The molecule has 0 radical (unpaired) electrons. The number of nitrogens with zero attached hydrogens (tertiary/aromatic N) is 1. The number of barbiturate groups is 1. The highest BCUT2D eigenvalue weighted by molar-refractivity contribution is 6.19. The molecular formula is C14H13FN2O3. The lowest BCUT2D eigenvalue weighted by Gasteiger charge is -2.30. The predicted octanol–water partition coefficient (Wildman–Crippen LogP) is 1.56. The van der Waals surface area contributed by atoms with Crippen molar-refractivity contribution in [1.82, 2.24) is 10.2 Å². The molecule has 1 atom stereocenters. The Bertz CT molecular complexity index is 586. The number of rotatable bonds is 4. The number of carbonyl (C=O) groups excluding carboxylic acids is 3. The van der Waals surface area contributed by atoms with Crippen molar-refractivity contribution in [2.75, 3.05) is 6.54 Å². The van der Waals surface area contributed by atoms with Crippen molar-refractivity contribution < 1.29 is 18.8 Å². The maximum Gasteiger partial charge on any atom is 0.330 e. The fraction of sp³-hybridized carbons (Fsp3) is 0.214. The molecule has 0 aromatic heterocycles. The molecule has 2 rings (SSSR count). The summed E-state index contributed by atoms with van der Waals surface area (Å²) in [5.74, 6) is -3.13. The number of nitrogens with one attached hydrogen (secondary N) is 1. The van der Waals surface area contributed by atoms with E-state index in [1.54, 1.807) is 6.08 Å². The SMILES string of the molecule is C=CCCN1C(=O)NC(=O)C(c2cccc(F)c2)C1=O. The fourth-order valence-electron chi connectivity index (χ4n) is 2.03. The molecule has 1 unspecified atom stereocenters. The second-order valence-corrected chi connectivity index (χ2v) is 4.35. The van der Waals surface area contributed by atoms with Crippen molar-refractivity contribution in [2.45, 2.75) is 12.3 Å². The number of benzene rings is 1. The summed E-state index contributed by atoms with van der Waals surface area (Å²) in [4.78, 5) is 36.6. The summed E-state index contributed by atoms with van der Waals surface area (Å²) in [5.41, 5.74) is 0.226. The van der Waals surface area contributed by atoms with E-state index in [0.29, 0.717) is 6.42 Å². The first-order valence-corrected chi connectivity index (χ1v) is 6.07. The van der Waals surface area contributed by atoms with Crippen molar-refractivity contribution in [3.8, 4) is 0 Å². The van der Waals surface area contributed by atoms with Crippen LogP contribution in [0.2, 0.25) is 0 Å². The van der Waals surface area contributed by atoms with Crippen molar-refractivity contribution in [2.24, 2.45) is 0 Å². The van der Waals surface area contributed by atoms with Gasteiger partial charge in [-0.2, -0.15) is 0 Å². The highest BCUT2D eigenvalue weighted by Crippen LogP contribution is 2.23. The van der Waals surface area contributed by atoms with Crippen LogP contribution in [0.3, 0.4) is 0 Å². The Morgan fingerprint density at radius 2 is 2.10 bits per heavy atom. The molecule has 0 aliphatic carbocycles. The van der Waals surface area contributed by atoms with Gasteiger partial charge in [0.05, 0.1) is 0 Å². The molecule has 0 spiro atoms. The molecule has 0 bridgehead atoms. The van der Waals surface area contributed by atoms with E-state index in [4.69, 9.17) is 0 Å². The minimum Gasteiger partial charge on any atom is -0.277 e. The first-order valence-electron chi connectivity index (χ1n) is 6.07. The number of amides is 4. The molecule has 5 nitrogen and oxygen atoms in total. The lowest BCUT2D eigenvalue weighted by molar-refractivity contribution is -0.138. The Morgan fingerprint density at radius 1 is 1.35 bits per heavy atom. The van der Waals surface area contributed by atoms with Crippen LogP contribution >= 0.6 is 0 Å². The standard InChI is InChI=1S/C14H13FN2O3/c1-2-3-7-17-13(19)11(12(18)16-14(17)20)9-5-4-6-10(15)8-9/h2,4-6,8,11H,1,3,7H2,(H,16,18,20). The third-order valence-electron chi connectivity index (χ3n) is 2.99. The molecule has 6 heteroatoms. The molecule has 1 aliphatic rings. The van der Waals surface area contributed by atoms with Crippen LogP contribution in [0.5, 0.6) is 0 Å². The summed E-state index contributed by atoms with van der Waals surface area (Å²) in [7, 11) is 0. The van der Waals surface area contributed by atoms with Gasteiger partial charge in [-0.15, -0.1) is 6.58 Å². The van der Waals surface area contributed by atoms with Gasteiger partial charge < -0.3 is 0 Å². The topological polar surface area (TPSA) is 66.5 Å². The minimum absolute atomic E-state index is 0.132. The molecule has 1 aromatic carbocycles. The molecule has 0 saturated carbocycles. The maximum atomic E-state index is 13.2. The Morgan fingerprint density at radius 3 is 2.75 bits per heavy atom. The molecule has 1 N–H and O–H groups in total. The number of urea groups is 1. The first kappa shape index (κ1) is 13.9. The van der Waals surface area contributed by atoms with E-state index in [1.165, 1.54) is 18.2 Å². The summed E-state index contributed by atoms with van der Waals surface area (Å²) in [6, 6.07) is 4.47. The number of hydrogen-bond acceptors (Lipinski definition) is 3. The zero-order chi connectivity index (χ0) is 14.7. The van der Waals surface area contributed by atoms with Gasteiger partial charge in [0, 0.05) is 6.54 Å². The fourth-order valence-corrected chi connectivity index (χ4v) is 2.03. The van der Waals surface area contributed by atoms with Crippen LogP contribution < -0.4 is 5.32 Å². The van der Waals surface area contributed by atoms with Crippen molar-refractivity contribution in [3.63, 3.8) is 0 Å². The second kappa shape index (κ2) is 5.64. The largest absolute Gasteiger partial charge is 0.330 e. The van der Waals surface area contributed by atoms with Crippen LogP contribution in [0.25, 0.3) is 0 Å². The molecule has 1 heterocycles. The maximum absolute atomic E-state index is 13.2. The Hall–Kier alpha value is -2.50. The number of carbonyl (C=O) groups is 3. The average Bonchev–Trinajstić information content (AvgIpc) is 2.38. The Labute approximate surface area is 115 Å². The monoisotopic (exact) mass is 276 g/mol. The third-order valence-corrected chi connectivity index (χ3v) is 2.99. The summed E-state index contributed by atoms with van der Waals surface area (Å²) in [6.07, 6.45) is 1.98. The Balaban J connectivity index is 2.32. The van der Waals surface area contributed by atoms with E-state index in [-0.39, 0.29) is 12.1 Å². The van der Waals surface area contributed by atoms with Crippen LogP contribution in [0, 0.1) is 5.82 Å². The van der Waals surface area contributed by atoms with Crippen LogP contribution in [0.15, 0.2) is 36.9 Å². The van der Waals surface area contributed by atoms with Gasteiger partial charge in [-0.05, 0) is 24.1 Å². The molecule has 1 fully saturated rings. The quantitative estimate of drug-likeness (QED) is 0.670. The van der Waals surface area contributed by atoms with Crippen LogP contribution in [0.4, 0.5) is 9.18 Å². The highest BCUT2D eigenvalue weighted by atomic mass is 19.1. The van der Waals surface area contributed by atoms with Gasteiger partial charge in [0.2, 0.25) is 11.8 Å². The van der Waals surface area contributed by atoms with Crippen LogP contribution in [-0.4, -0.2) is 29.3 Å².